The number of alkyl halides is 3. The number of rotatable bonds is 3. The molecule has 2 aromatic rings. The van der Waals surface area contributed by atoms with Gasteiger partial charge in [0.15, 0.2) is 5.69 Å². The van der Waals surface area contributed by atoms with Crippen LogP contribution in [-0.2, 0) is 6.42 Å². The molecule has 0 amide bonds. The lowest BCUT2D eigenvalue weighted by Crippen LogP contribution is -2.13. The maximum absolute atomic E-state index is 12.3. The SMILES string of the molecule is O=C(O)c1nc(-c2cccs2)oc1CC(F)(F)F. The second-order valence-electron chi connectivity index (χ2n) is 3.37. The minimum atomic E-state index is -4.55. The summed E-state index contributed by atoms with van der Waals surface area (Å²) in [5, 5.41) is 10.5. The van der Waals surface area contributed by atoms with E-state index < -0.39 is 30.0 Å². The van der Waals surface area contributed by atoms with Gasteiger partial charge in [0.2, 0.25) is 5.89 Å². The minimum Gasteiger partial charge on any atom is -0.476 e. The van der Waals surface area contributed by atoms with Crippen LogP contribution in [0.15, 0.2) is 21.9 Å². The lowest BCUT2D eigenvalue weighted by Gasteiger charge is -2.02. The first-order valence-electron chi connectivity index (χ1n) is 4.70. The Kier molecular flexibility index (Phi) is 3.12. The van der Waals surface area contributed by atoms with Gasteiger partial charge >= 0.3 is 12.1 Å². The molecule has 0 saturated heterocycles. The monoisotopic (exact) mass is 277 g/mol. The van der Waals surface area contributed by atoms with Crippen LogP contribution >= 0.6 is 11.3 Å². The molecular weight excluding hydrogens is 271 g/mol. The molecule has 0 atom stereocenters. The van der Waals surface area contributed by atoms with Crippen molar-refractivity contribution in [2.75, 3.05) is 0 Å². The molecule has 2 aromatic heterocycles. The average molecular weight is 277 g/mol. The summed E-state index contributed by atoms with van der Waals surface area (Å²) in [5.41, 5.74) is -0.698. The van der Waals surface area contributed by atoms with E-state index in [1.54, 1.807) is 17.5 Å². The number of oxazole rings is 1. The number of carboxylic acids is 1. The van der Waals surface area contributed by atoms with Gasteiger partial charge in [-0.15, -0.1) is 11.3 Å². The fourth-order valence-electron chi connectivity index (χ4n) is 1.33. The molecule has 2 rings (SSSR count). The van der Waals surface area contributed by atoms with Gasteiger partial charge in [0.05, 0.1) is 4.88 Å². The van der Waals surface area contributed by atoms with Crippen molar-refractivity contribution in [3.05, 3.63) is 29.0 Å². The molecule has 0 radical (unpaired) electrons. The maximum atomic E-state index is 12.3. The minimum absolute atomic E-state index is 0.110. The molecule has 0 aliphatic heterocycles. The van der Waals surface area contributed by atoms with Crippen molar-refractivity contribution in [1.29, 1.82) is 0 Å². The molecule has 1 N–H and O–H groups in total. The first-order valence-corrected chi connectivity index (χ1v) is 5.58. The van der Waals surface area contributed by atoms with Gasteiger partial charge in [-0.3, -0.25) is 0 Å². The van der Waals surface area contributed by atoms with Crippen molar-refractivity contribution >= 4 is 17.3 Å². The Labute approximate surface area is 103 Å². The van der Waals surface area contributed by atoms with E-state index in [0.717, 1.165) is 0 Å². The van der Waals surface area contributed by atoms with Crippen LogP contribution < -0.4 is 0 Å². The van der Waals surface area contributed by atoms with E-state index in [1.165, 1.54) is 11.3 Å². The summed E-state index contributed by atoms with van der Waals surface area (Å²) in [6.07, 6.45) is -6.00. The summed E-state index contributed by atoms with van der Waals surface area (Å²) in [6, 6.07) is 3.24. The third-order valence-corrected chi connectivity index (χ3v) is 2.85. The highest BCUT2D eigenvalue weighted by molar-refractivity contribution is 7.13. The Balaban J connectivity index is 2.42. The highest BCUT2D eigenvalue weighted by atomic mass is 32.1. The molecule has 96 valence electrons. The van der Waals surface area contributed by atoms with E-state index >= 15 is 0 Å². The summed E-state index contributed by atoms with van der Waals surface area (Å²) >= 11 is 1.20. The number of thiophene rings is 1. The van der Waals surface area contributed by atoms with Gasteiger partial charge in [-0.2, -0.15) is 13.2 Å². The second-order valence-corrected chi connectivity index (χ2v) is 4.31. The Morgan fingerprint density at radius 2 is 2.22 bits per heavy atom. The highest BCUT2D eigenvalue weighted by Crippen LogP contribution is 2.30. The molecule has 4 nitrogen and oxygen atoms in total. The van der Waals surface area contributed by atoms with E-state index in [9.17, 15) is 18.0 Å². The van der Waals surface area contributed by atoms with Crippen LogP contribution in [0.25, 0.3) is 10.8 Å². The van der Waals surface area contributed by atoms with Crippen molar-refractivity contribution in [2.24, 2.45) is 0 Å². The molecule has 18 heavy (non-hydrogen) atoms. The van der Waals surface area contributed by atoms with E-state index in [2.05, 4.69) is 4.98 Å². The topological polar surface area (TPSA) is 63.3 Å². The quantitative estimate of drug-likeness (QED) is 0.935. The predicted molar refractivity (Wildman–Crippen MR) is 56.5 cm³/mol. The van der Waals surface area contributed by atoms with Crippen LogP contribution in [0.3, 0.4) is 0 Å². The van der Waals surface area contributed by atoms with Crippen LogP contribution in [0.1, 0.15) is 16.2 Å². The highest BCUT2D eigenvalue weighted by Gasteiger charge is 2.34. The third kappa shape index (κ3) is 2.70. The zero-order valence-corrected chi connectivity index (χ0v) is 9.51. The molecule has 0 unspecified atom stereocenters. The molecule has 8 heteroatoms. The van der Waals surface area contributed by atoms with Gasteiger partial charge in [-0.1, -0.05) is 6.07 Å². The van der Waals surface area contributed by atoms with E-state index in [1.807, 2.05) is 0 Å². The van der Waals surface area contributed by atoms with Crippen molar-refractivity contribution in [3.63, 3.8) is 0 Å². The van der Waals surface area contributed by atoms with Crippen LogP contribution in [0.5, 0.6) is 0 Å². The molecule has 0 fully saturated rings. The van der Waals surface area contributed by atoms with Crippen molar-refractivity contribution in [1.82, 2.24) is 4.98 Å². The number of halogens is 3. The Hall–Kier alpha value is -1.83. The second kappa shape index (κ2) is 4.45. The molecule has 0 aliphatic rings. The number of aromatic nitrogens is 1. The summed E-state index contributed by atoms with van der Waals surface area (Å²) in [6.45, 7) is 0. The van der Waals surface area contributed by atoms with Gasteiger partial charge in [-0.25, -0.2) is 9.78 Å². The molecule has 0 saturated carbocycles. The van der Waals surface area contributed by atoms with Crippen LogP contribution in [-0.4, -0.2) is 22.2 Å². The largest absolute Gasteiger partial charge is 0.476 e. The molecule has 0 aliphatic carbocycles. The number of nitrogens with zero attached hydrogens (tertiary/aromatic N) is 1. The predicted octanol–water partition coefficient (Wildman–Crippen LogP) is 3.21. The van der Waals surface area contributed by atoms with Crippen molar-refractivity contribution in [3.8, 4) is 10.8 Å². The van der Waals surface area contributed by atoms with Gasteiger partial charge < -0.3 is 9.52 Å². The molecular formula is C10H6F3NO3S. The normalized spacial score (nSPS) is 11.7. The number of carbonyl (C=O) groups is 1. The molecule has 2 heterocycles. The molecule has 0 aromatic carbocycles. The fraction of sp³-hybridized carbons (Fsp3) is 0.200. The standard InChI is InChI=1S/C10H6F3NO3S/c11-10(12,13)4-5-7(9(15)16)14-8(17-5)6-2-1-3-18-6/h1-3H,4H2,(H,15,16). The van der Waals surface area contributed by atoms with Crippen molar-refractivity contribution in [2.45, 2.75) is 12.6 Å². The van der Waals surface area contributed by atoms with Crippen molar-refractivity contribution < 1.29 is 27.5 Å². The Bertz CT molecular complexity index is 559. The summed E-state index contributed by atoms with van der Waals surface area (Å²) < 4.78 is 41.7. The number of hydrogen-bond donors (Lipinski definition) is 1. The molecule has 0 bridgehead atoms. The smallest absolute Gasteiger partial charge is 0.396 e. The maximum Gasteiger partial charge on any atom is 0.396 e. The van der Waals surface area contributed by atoms with Crippen LogP contribution in [0, 0.1) is 0 Å². The number of hydrogen-bond acceptors (Lipinski definition) is 4. The Morgan fingerprint density at radius 3 is 2.72 bits per heavy atom. The summed E-state index contributed by atoms with van der Waals surface area (Å²) in [5.74, 6) is -2.33. The summed E-state index contributed by atoms with van der Waals surface area (Å²) in [4.78, 5) is 14.9. The van der Waals surface area contributed by atoms with Gasteiger partial charge in [0.1, 0.15) is 12.2 Å². The number of aromatic carboxylic acids is 1. The first-order chi connectivity index (χ1) is 8.37. The summed E-state index contributed by atoms with van der Waals surface area (Å²) in [7, 11) is 0. The fourth-order valence-corrected chi connectivity index (χ4v) is 1.98. The van der Waals surface area contributed by atoms with E-state index in [0.29, 0.717) is 4.88 Å². The number of carboxylic acid groups (broad SMARTS) is 1. The zero-order valence-electron chi connectivity index (χ0n) is 8.69. The molecule has 0 spiro atoms. The van der Waals surface area contributed by atoms with Gasteiger partial charge in [0, 0.05) is 0 Å². The lowest BCUT2D eigenvalue weighted by atomic mass is 10.2. The van der Waals surface area contributed by atoms with E-state index in [-0.39, 0.29) is 5.89 Å². The third-order valence-electron chi connectivity index (χ3n) is 1.99. The average Bonchev–Trinajstić information content (AvgIpc) is 2.81. The van der Waals surface area contributed by atoms with Gasteiger partial charge in [0.25, 0.3) is 0 Å². The Morgan fingerprint density at radius 1 is 1.50 bits per heavy atom. The van der Waals surface area contributed by atoms with Gasteiger partial charge in [-0.05, 0) is 11.4 Å². The van der Waals surface area contributed by atoms with Crippen LogP contribution in [0.4, 0.5) is 13.2 Å². The van der Waals surface area contributed by atoms with Crippen LogP contribution in [0.2, 0.25) is 0 Å². The first kappa shape index (κ1) is 12.6. The van der Waals surface area contributed by atoms with E-state index in [4.69, 9.17) is 9.52 Å². The zero-order chi connectivity index (χ0) is 13.3. The lowest BCUT2D eigenvalue weighted by molar-refractivity contribution is -0.130.